The predicted octanol–water partition coefficient (Wildman–Crippen LogP) is 4.25. The van der Waals surface area contributed by atoms with Crippen LogP contribution < -0.4 is 5.32 Å². The zero-order chi connectivity index (χ0) is 19.0. The first kappa shape index (κ1) is 17.3. The number of amides is 1. The van der Waals surface area contributed by atoms with Gasteiger partial charge in [-0.1, -0.05) is 28.1 Å². The summed E-state index contributed by atoms with van der Waals surface area (Å²) in [6.07, 6.45) is 1.70. The number of nitrogens with one attached hydrogen (secondary N) is 1. The Bertz CT molecular complexity index is 1140. The van der Waals surface area contributed by atoms with Crippen molar-refractivity contribution in [3.05, 3.63) is 76.4 Å². The zero-order valence-electron chi connectivity index (χ0n) is 14.1. The smallest absolute Gasteiger partial charge is 0.278 e. The molecular formula is C19H13BrFN5O. The molecule has 0 fully saturated rings. The Balaban J connectivity index is 1.69. The van der Waals surface area contributed by atoms with Crippen molar-refractivity contribution < 1.29 is 9.18 Å². The minimum atomic E-state index is -0.436. The highest BCUT2D eigenvalue weighted by molar-refractivity contribution is 9.10. The van der Waals surface area contributed by atoms with Crippen LogP contribution in [-0.2, 0) is 0 Å². The van der Waals surface area contributed by atoms with E-state index in [0.717, 1.165) is 15.6 Å². The third-order valence-electron chi connectivity index (χ3n) is 4.12. The Hall–Kier alpha value is -3.13. The molecule has 27 heavy (non-hydrogen) atoms. The molecule has 134 valence electrons. The van der Waals surface area contributed by atoms with Crippen LogP contribution in [0.1, 0.15) is 16.2 Å². The minimum absolute atomic E-state index is 0.150. The van der Waals surface area contributed by atoms with Gasteiger partial charge in [-0.15, -0.1) is 10.2 Å². The Morgan fingerprint density at radius 1 is 1.07 bits per heavy atom. The van der Waals surface area contributed by atoms with Crippen LogP contribution in [0.3, 0.4) is 0 Å². The number of carbonyl (C=O) groups is 1. The summed E-state index contributed by atoms with van der Waals surface area (Å²) in [6, 6.07) is 13.3. The summed E-state index contributed by atoms with van der Waals surface area (Å²) < 4.78 is 15.6. The summed E-state index contributed by atoms with van der Waals surface area (Å²) in [5.41, 5.74) is 3.51. The number of benzene rings is 2. The highest BCUT2D eigenvalue weighted by Crippen LogP contribution is 2.25. The number of anilines is 1. The van der Waals surface area contributed by atoms with Crippen molar-refractivity contribution in [3.8, 4) is 11.1 Å². The molecule has 0 aliphatic heterocycles. The number of hydrogen-bond donors (Lipinski definition) is 1. The normalized spacial score (nSPS) is 10.9. The van der Waals surface area contributed by atoms with Crippen molar-refractivity contribution >= 4 is 33.2 Å². The molecule has 1 N–H and O–H groups in total. The minimum Gasteiger partial charge on any atom is -0.321 e. The summed E-state index contributed by atoms with van der Waals surface area (Å²) in [4.78, 5) is 12.5. The van der Waals surface area contributed by atoms with Crippen LogP contribution in [-0.4, -0.2) is 25.7 Å². The topological polar surface area (TPSA) is 72.2 Å². The standard InChI is InChI=1S/C19H13BrFN5O/c1-11-17(19(27)23-15-8-6-14(21)7-9-15)24-25-18-16(10-22-26(11)18)12-2-4-13(20)5-3-12/h2-10H,1H3,(H,23,27). The molecule has 6 nitrogen and oxygen atoms in total. The molecule has 2 heterocycles. The third-order valence-corrected chi connectivity index (χ3v) is 4.65. The van der Waals surface area contributed by atoms with Gasteiger partial charge >= 0.3 is 0 Å². The maximum Gasteiger partial charge on any atom is 0.278 e. The number of aromatic nitrogens is 4. The van der Waals surface area contributed by atoms with E-state index in [1.165, 1.54) is 24.3 Å². The number of fused-ring (bicyclic) bond motifs is 1. The number of rotatable bonds is 3. The molecule has 0 bridgehead atoms. The van der Waals surface area contributed by atoms with E-state index in [4.69, 9.17) is 0 Å². The van der Waals surface area contributed by atoms with Gasteiger partial charge in [0.15, 0.2) is 11.3 Å². The third kappa shape index (κ3) is 3.31. The Labute approximate surface area is 162 Å². The molecule has 0 aliphatic rings. The van der Waals surface area contributed by atoms with E-state index in [1.807, 2.05) is 24.3 Å². The Kier molecular flexibility index (Phi) is 4.41. The second kappa shape index (κ2) is 6.88. The van der Waals surface area contributed by atoms with Gasteiger partial charge < -0.3 is 5.32 Å². The summed E-state index contributed by atoms with van der Waals surface area (Å²) in [5.74, 6) is -0.809. The fourth-order valence-electron chi connectivity index (χ4n) is 2.72. The van der Waals surface area contributed by atoms with Crippen LogP contribution in [0.4, 0.5) is 10.1 Å². The SMILES string of the molecule is Cc1c(C(=O)Nc2ccc(F)cc2)nnc2c(-c3ccc(Br)cc3)cnn12. The van der Waals surface area contributed by atoms with Crippen molar-refractivity contribution in [2.45, 2.75) is 6.92 Å². The maximum atomic E-state index is 13.0. The van der Waals surface area contributed by atoms with Crippen LogP contribution >= 0.6 is 15.9 Å². The molecule has 0 saturated heterocycles. The van der Waals surface area contributed by atoms with E-state index in [2.05, 4.69) is 36.5 Å². The lowest BCUT2D eigenvalue weighted by Crippen LogP contribution is -2.18. The number of nitrogens with zero attached hydrogens (tertiary/aromatic N) is 4. The van der Waals surface area contributed by atoms with Crippen molar-refractivity contribution in [1.29, 1.82) is 0 Å². The predicted molar refractivity (Wildman–Crippen MR) is 103 cm³/mol. The van der Waals surface area contributed by atoms with Crippen LogP contribution in [0.25, 0.3) is 16.8 Å². The second-order valence-corrected chi connectivity index (χ2v) is 6.81. The van der Waals surface area contributed by atoms with E-state index in [-0.39, 0.29) is 11.5 Å². The van der Waals surface area contributed by atoms with Crippen molar-refractivity contribution in [3.63, 3.8) is 0 Å². The highest BCUT2D eigenvalue weighted by Gasteiger charge is 2.18. The second-order valence-electron chi connectivity index (χ2n) is 5.90. The first-order valence-corrected chi connectivity index (χ1v) is 8.86. The number of hydrogen-bond acceptors (Lipinski definition) is 4. The molecular weight excluding hydrogens is 413 g/mol. The zero-order valence-corrected chi connectivity index (χ0v) is 15.7. The van der Waals surface area contributed by atoms with Crippen molar-refractivity contribution in [2.75, 3.05) is 5.32 Å². The first-order chi connectivity index (χ1) is 13.0. The van der Waals surface area contributed by atoms with Gasteiger partial charge in [-0.05, 0) is 48.9 Å². The summed E-state index contributed by atoms with van der Waals surface area (Å²) >= 11 is 3.41. The summed E-state index contributed by atoms with van der Waals surface area (Å²) in [6.45, 7) is 1.75. The number of carbonyl (C=O) groups excluding carboxylic acids is 1. The molecule has 4 rings (SSSR count). The van der Waals surface area contributed by atoms with Gasteiger partial charge in [0.05, 0.1) is 11.9 Å². The number of halogens is 2. The summed E-state index contributed by atoms with van der Waals surface area (Å²) in [5, 5.41) is 15.3. The van der Waals surface area contributed by atoms with E-state index in [9.17, 15) is 9.18 Å². The average Bonchev–Trinajstić information content (AvgIpc) is 3.09. The largest absolute Gasteiger partial charge is 0.321 e. The summed E-state index contributed by atoms with van der Waals surface area (Å²) in [7, 11) is 0. The molecule has 1 amide bonds. The molecule has 0 unspecified atom stereocenters. The first-order valence-electron chi connectivity index (χ1n) is 8.07. The molecule has 2 aromatic carbocycles. The Morgan fingerprint density at radius 3 is 2.48 bits per heavy atom. The van der Waals surface area contributed by atoms with E-state index < -0.39 is 5.91 Å². The lowest BCUT2D eigenvalue weighted by molar-refractivity contribution is 0.102. The van der Waals surface area contributed by atoms with Crippen molar-refractivity contribution in [1.82, 2.24) is 19.8 Å². The van der Waals surface area contributed by atoms with Gasteiger partial charge in [0, 0.05) is 15.7 Å². The lowest BCUT2D eigenvalue weighted by atomic mass is 10.1. The molecule has 4 aromatic rings. The van der Waals surface area contributed by atoms with Gasteiger partial charge in [-0.25, -0.2) is 8.91 Å². The highest BCUT2D eigenvalue weighted by atomic mass is 79.9. The van der Waals surface area contributed by atoms with E-state index >= 15 is 0 Å². The quantitative estimate of drug-likeness (QED) is 0.532. The fourth-order valence-corrected chi connectivity index (χ4v) is 2.98. The van der Waals surface area contributed by atoms with Gasteiger partial charge in [0.25, 0.3) is 5.91 Å². The van der Waals surface area contributed by atoms with Crippen LogP contribution in [0.15, 0.2) is 59.2 Å². The molecule has 0 saturated carbocycles. The van der Waals surface area contributed by atoms with E-state index in [0.29, 0.717) is 17.0 Å². The lowest BCUT2D eigenvalue weighted by Gasteiger charge is -2.08. The number of aryl methyl sites for hydroxylation is 1. The van der Waals surface area contributed by atoms with Gasteiger partial charge in [0.1, 0.15) is 5.82 Å². The molecule has 0 spiro atoms. The van der Waals surface area contributed by atoms with Gasteiger partial charge in [0.2, 0.25) is 0 Å². The molecule has 8 heteroatoms. The van der Waals surface area contributed by atoms with Crippen molar-refractivity contribution in [2.24, 2.45) is 0 Å². The molecule has 0 aliphatic carbocycles. The van der Waals surface area contributed by atoms with Crippen LogP contribution in [0, 0.1) is 12.7 Å². The van der Waals surface area contributed by atoms with Crippen LogP contribution in [0.2, 0.25) is 0 Å². The van der Waals surface area contributed by atoms with Crippen LogP contribution in [0.5, 0.6) is 0 Å². The average molecular weight is 426 g/mol. The monoisotopic (exact) mass is 425 g/mol. The molecule has 2 aromatic heterocycles. The fraction of sp³-hybridized carbons (Fsp3) is 0.0526. The maximum absolute atomic E-state index is 13.0. The van der Waals surface area contributed by atoms with Gasteiger partial charge in [-0.3, -0.25) is 4.79 Å². The van der Waals surface area contributed by atoms with Gasteiger partial charge in [-0.2, -0.15) is 5.10 Å². The Morgan fingerprint density at radius 2 is 1.78 bits per heavy atom. The molecule has 0 atom stereocenters. The van der Waals surface area contributed by atoms with E-state index in [1.54, 1.807) is 17.6 Å². The molecule has 0 radical (unpaired) electrons.